The van der Waals surface area contributed by atoms with Crippen molar-refractivity contribution in [3.8, 4) is 5.75 Å². The molecule has 0 saturated heterocycles. The van der Waals surface area contributed by atoms with Gasteiger partial charge in [-0.1, -0.05) is 49.4 Å². The van der Waals surface area contributed by atoms with E-state index in [1.54, 1.807) is 6.92 Å². The summed E-state index contributed by atoms with van der Waals surface area (Å²) in [6, 6.07) is 24.0. The number of amides is 2. The topological polar surface area (TPSA) is 96.0 Å². The molecule has 0 radical (unpaired) electrons. The van der Waals surface area contributed by atoms with Gasteiger partial charge in [0, 0.05) is 19.0 Å². The Morgan fingerprint density at radius 1 is 0.809 bits per heavy atom. The molecule has 4 aromatic rings. The van der Waals surface area contributed by atoms with E-state index in [2.05, 4.69) is 5.32 Å². The molecule has 0 aliphatic rings. The van der Waals surface area contributed by atoms with Crippen molar-refractivity contribution >= 4 is 27.5 Å². The molecule has 8 nitrogen and oxygen atoms in total. The Hall–Kier alpha value is -4.77. The molecule has 0 aliphatic carbocycles. The smallest absolute Gasteiger partial charge is 0.264 e. The SMILES string of the molecule is CCOc1ccc(S(=O)(=O)N(CC(=O)N(Cc2ccc(F)cc2)[C@@H](Cc2ccccc2)C(=O)N[C@@H](C)CC)c2ccc(F)cc2)cc1. The molecule has 248 valence electrons. The van der Waals surface area contributed by atoms with E-state index in [1.165, 1.54) is 65.6 Å². The second-order valence-electron chi connectivity index (χ2n) is 11.1. The summed E-state index contributed by atoms with van der Waals surface area (Å²) in [6.07, 6.45) is 0.784. The van der Waals surface area contributed by atoms with Crippen LogP contribution in [0.3, 0.4) is 0 Å². The van der Waals surface area contributed by atoms with E-state index < -0.39 is 46.1 Å². The van der Waals surface area contributed by atoms with Crippen LogP contribution in [0.5, 0.6) is 5.75 Å². The minimum Gasteiger partial charge on any atom is -0.494 e. The molecule has 47 heavy (non-hydrogen) atoms. The second kappa shape index (κ2) is 16.2. The number of anilines is 1. The zero-order valence-corrected chi connectivity index (χ0v) is 27.4. The Bertz CT molecular complexity index is 1720. The minimum atomic E-state index is -4.38. The molecule has 4 rings (SSSR count). The summed E-state index contributed by atoms with van der Waals surface area (Å²) >= 11 is 0. The molecule has 2 atom stereocenters. The molecule has 0 aliphatic heterocycles. The number of ether oxygens (including phenoxy) is 1. The van der Waals surface area contributed by atoms with Gasteiger partial charge in [-0.2, -0.15) is 0 Å². The summed E-state index contributed by atoms with van der Waals surface area (Å²) in [7, 11) is -4.38. The number of nitrogens with one attached hydrogen (secondary N) is 1. The highest BCUT2D eigenvalue weighted by Gasteiger charge is 2.35. The number of halogens is 2. The van der Waals surface area contributed by atoms with Crippen molar-refractivity contribution < 1.29 is 31.5 Å². The van der Waals surface area contributed by atoms with Crippen LogP contribution in [-0.2, 0) is 32.6 Å². The number of carbonyl (C=O) groups excluding carboxylic acids is 2. The van der Waals surface area contributed by atoms with Gasteiger partial charge in [0.05, 0.1) is 17.2 Å². The van der Waals surface area contributed by atoms with Crippen molar-refractivity contribution in [2.24, 2.45) is 0 Å². The molecule has 0 spiro atoms. The highest BCUT2D eigenvalue weighted by Crippen LogP contribution is 2.27. The summed E-state index contributed by atoms with van der Waals surface area (Å²) in [5, 5.41) is 2.96. The summed E-state index contributed by atoms with van der Waals surface area (Å²) in [6.45, 7) is 5.16. The highest BCUT2D eigenvalue weighted by molar-refractivity contribution is 7.92. The molecule has 0 fully saturated rings. The zero-order chi connectivity index (χ0) is 34.0. The van der Waals surface area contributed by atoms with Crippen molar-refractivity contribution in [3.63, 3.8) is 0 Å². The first-order chi connectivity index (χ1) is 22.5. The number of rotatable bonds is 15. The second-order valence-corrected chi connectivity index (χ2v) is 12.9. The van der Waals surface area contributed by atoms with Crippen molar-refractivity contribution in [3.05, 3.63) is 126 Å². The lowest BCUT2D eigenvalue weighted by Gasteiger charge is -2.34. The van der Waals surface area contributed by atoms with E-state index in [4.69, 9.17) is 4.74 Å². The quantitative estimate of drug-likeness (QED) is 0.166. The molecule has 0 bridgehead atoms. The van der Waals surface area contributed by atoms with Gasteiger partial charge >= 0.3 is 0 Å². The van der Waals surface area contributed by atoms with E-state index in [1.807, 2.05) is 44.2 Å². The fourth-order valence-electron chi connectivity index (χ4n) is 4.92. The van der Waals surface area contributed by atoms with Crippen LogP contribution in [-0.4, -0.2) is 50.4 Å². The van der Waals surface area contributed by atoms with Crippen LogP contribution in [0.2, 0.25) is 0 Å². The van der Waals surface area contributed by atoms with Crippen molar-refractivity contribution in [2.45, 2.75) is 57.1 Å². The van der Waals surface area contributed by atoms with Gasteiger partial charge in [0.15, 0.2) is 0 Å². The van der Waals surface area contributed by atoms with Gasteiger partial charge in [-0.3, -0.25) is 13.9 Å². The van der Waals surface area contributed by atoms with E-state index >= 15 is 0 Å². The Kier molecular flexibility index (Phi) is 12.1. The largest absolute Gasteiger partial charge is 0.494 e. The Balaban J connectivity index is 1.79. The first-order valence-corrected chi connectivity index (χ1v) is 16.8. The van der Waals surface area contributed by atoms with E-state index in [9.17, 15) is 26.8 Å². The van der Waals surface area contributed by atoms with Crippen LogP contribution in [0.15, 0.2) is 108 Å². The molecule has 0 unspecified atom stereocenters. The third-order valence-corrected chi connectivity index (χ3v) is 9.44. The number of hydrogen-bond donors (Lipinski definition) is 1. The first-order valence-electron chi connectivity index (χ1n) is 15.4. The summed E-state index contributed by atoms with van der Waals surface area (Å²) < 4.78 is 62.4. The number of benzene rings is 4. The maximum Gasteiger partial charge on any atom is 0.264 e. The normalized spacial score (nSPS) is 12.5. The summed E-state index contributed by atoms with van der Waals surface area (Å²) in [5.41, 5.74) is 1.38. The fourth-order valence-corrected chi connectivity index (χ4v) is 6.33. The molecule has 0 saturated carbocycles. The standard InChI is InChI=1S/C36H39F2N3O5S/c1-4-26(3)39-36(43)34(23-27-9-7-6-8-10-27)40(24-28-11-13-29(37)14-12-28)35(42)25-41(31-17-15-30(38)16-18-31)47(44,45)33-21-19-32(20-22-33)46-5-2/h6-22,26,34H,4-5,23-25H2,1-3H3,(H,39,43)/t26-,34-/m0/s1. The first kappa shape index (κ1) is 35.1. The maximum absolute atomic E-state index is 14.4. The predicted molar refractivity (Wildman–Crippen MR) is 177 cm³/mol. The van der Waals surface area contributed by atoms with Crippen LogP contribution in [0, 0.1) is 11.6 Å². The fraction of sp³-hybridized carbons (Fsp3) is 0.278. The van der Waals surface area contributed by atoms with Gasteiger partial charge < -0.3 is 15.0 Å². The Labute approximate surface area is 275 Å². The van der Waals surface area contributed by atoms with E-state index in [0.29, 0.717) is 24.3 Å². The lowest BCUT2D eigenvalue weighted by atomic mass is 10.0. The van der Waals surface area contributed by atoms with Crippen LogP contribution in [0.25, 0.3) is 0 Å². The Morgan fingerprint density at radius 3 is 1.98 bits per heavy atom. The average molecular weight is 664 g/mol. The van der Waals surface area contributed by atoms with Crippen molar-refractivity contribution in [1.82, 2.24) is 10.2 Å². The molecular weight excluding hydrogens is 624 g/mol. The highest BCUT2D eigenvalue weighted by atomic mass is 32.2. The van der Waals surface area contributed by atoms with Crippen molar-refractivity contribution in [1.29, 1.82) is 0 Å². The summed E-state index contributed by atoms with van der Waals surface area (Å²) in [4.78, 5) is 29.5. The average Bonchev–Trinajstić information content (AvgIpc) is 3.07. The van der Waals surface area contributed by atoms with Gasteiger partial charge in [-0.25, -0.2) is 17.2 Å². The molecular formula is C36H39F2N3O5S. The number of nitrogens with zero attached hydrogens (tertiary/aromatic N) is 2. The third kappa shape index (κ3) is 9.38. The van der Waals surface area contributed by atoms with Gasteiger partial charge in [-0.15, -0.1) is 0 Å². The van der Waals surface area contributed by atoms with Crippen LogP contribution < -0.4 is 14.4 Å². The lowest BCUT2D eigenvalue weighted by molar-refractivity contribution is -0.140. The predicted octanol–water partition coefficient (Wildman–Crippen LogP) is 6.11. The van der Waals surface area contributed by atoms with E-state index in [0.717, 1.165) is 22.0 Å². The number of carbonyl (C=O) groups is 2. The Morgan fingerprint density at radius 2 is 1.40 bits per heavy atom. The number of sulfonamides is 1. The molecule has 11 heteroatoms. The molecule has 0 aromatic heterocycles. The molecule has 0 heterocycles. The molecule has 2 amide bonds. The minimum absolute atomic E-state index is 0.0547. The van der Waals surface area contributed by atoms with Crippen LogP contribution in [0.1, 0.15) is 38.3 Å². The zero-order valence-electron chi connectivity index (χ0n) is 26.6. The van der Waals surface area contributed by atoms with Gasteiger partial charge in [0.2, 0.25) is 11.8 Å². The van der Waals surface area contributed by atoms with Crippen LogP contribution in [0.4, 0.5) is 14.5 Å². The third-order valence-electron chi connectivity index (χ3n) is 7.65. The summed E-state index contributed by atoms with van der Waals surface area (Å²) in [5.74, 6) is -1.68. The molecule has 4 aromatic carbocycles. The number of hydrogen-bond acceptors (Lipinski definition) is 5. The van der Waals surface area contributed by atoms with Gasteiger partial charge in [0.25, 0.3) is 10.0 Å². The lowest BCUT2D eigenvalue weighted by Crippen LogP contribution is -2.54. The van der Waals surface area contributed by atoms with Gasteiger partial charge in [-0.05, 0) is 92.1 Å². The van der Waals surface area contributed by atoms with Gasteiger partial charge in [0.1, 0.15) is 30.0 Å². The van der Waals surface area contributed by atoms with Crippen LogP contribution >= 0.6 is 0 Å². The monoisotopic (exact) mass is 663 g/mol. The van der Waals surface area contributed by atoms with E-state index in [-0.39, 0.29) is 29.6 Å². The van der Waals surface area contributed by atoms with Crippen molar-refractivity contribution in [2.75, 3.05) is 17.5 Å². The maximum atomic E-state index is 14.4. The molecule has 1 N–H and O–H groups in total.